The minimum Gasteiger partial charge on any atom is -0.368 e. The number of nitrogens with one attached hydrogen (secondary N) is 1. The van der Waals surface area contributed by atoms with Gasteiger partial charge >= 0.3 is 0 Å². The Morgan fingerprint density at radius 2 is 1.81 bits per heavy atom. The van der Waals surface area contributed by atoms with Gasteiger partial charge in [0.15, 0.2) is 5.96 Å². The van der Waals surface area contributed by atoms with Crippen molar-refractivity contribution in [1.82, 2.24) is 20.0 Å². The molecule has 146 valence electrons. The van der Waals surface area contributed by atoms with Crippen LogP contribution in [0.25, 0.3) is 0 Å². The molecule has 0 radical (unpaired) electrons. The number of nitrogens with zero attached hydrogens (tertiary/aromatic N) is 5. The first-order chi connectivity index (χ1) is 13.0. The lowest BCUT2D eigenvalue weighted by atomic mass is 10.2. The maximum absolute atomic E-state index is 13.1. The van der Waals surface area contributed by atoms with Crippen LogP contribution in [0, 0.1) is 19.7 Å². The van der Waals surface area contributed by atoms with Crippen LogP contribution in [0.15, 0.2) is 29.3 Å². The Balaban J connectivity index is 1.66. The highest BCUT2D eigenvalue weighted by Crippen LogP contribution is 2.17. The summed E-state index contributed by atoms with van der Waals surface area (Å²) < 4.78 is 15.0. The third-order valence-corrected chi connectivity index (χ3v) is 5.15. The standard InChI is InChI=1S/C20H29FN6/c1-5-22-20(23-14-19-15(2)24-25(4)16(19)3)27-12-10-26(11-13-27)18-8-6-17(21)7-9-18/h6-9H,5,10-14H2,1-4H3,(H,22,23). The Labute approximate surface area is 160 Å². The fourth-order valence-electron chi connectivity index (χ4n) is 3.45. The fourth-order valence-corrected chi connectivity index (χ4v) is 3.45. The Bertz CT molecular complexity index is 788. The highest BCUT2D eigenvalue weighted by molar-refractivity contribution is 5.80. The zero-order chi connectivity index (χ0) is 19.4. The summed E-state index contributed by atoms with van der Waals surface area (Å²) in [6.45, 7) is 11.2. The lowest BCUT2D eigenvalue weighted by Crippen LogP contribution is -2.52. The summed E-state index contributed by atoms with van der Waals surface area (Å²) in [6, 6.07) is 6.73. The van der Waals surface area contributed by atoms with Crippen molar-refractivity contribution in [3.05, 3.63) is 47.0 Å². The predicted octanol–water partition coefficient (Wildman–Crippen LogP) is 2.46. The first-order valence-electron chi connectivity index (χ1n) is 9.52. The summed E-state index contributed by atoms with van der Waals surface area (Å²) in [5.41, 5.74) is 4.46. The van der Waals surface area contributed by atoms with Crippen molar-refractivity contribution in [2.75, 3.05) is 37.6 Å². The van der Waals surface area contributed by atoms with E-state index in [0.717, 1.165) is 55.8 Å². The average molecular weight is 372 g/mol. The van der Waals surface area contributed by atoms with Crippen LogP contribution < -0.4 is 10.2 Å². The molecule has 0 aliphatic carbocycles. The Morgan fingerprint density at radius 1 is 1.15 bits per heavy atom. The summed E-state index contributed by atoms with van der Waals surface area (Å²) in [6.07, 6.45) is 0. The molecular weight excluding hydrogens is 343 g/mol. The molecule has 2 aromatic rings. The van der Waals surface area contributed by atoms with E-state index < -0.39 is 0 Å². The molecule has 1 N–H and O–H groups in total. The number of aliphatic imine (C=N–C) groups is 1. The first kappa shape index (κ1) is 19.2. The van der Waals surface area contributed by atoms with Gasteiger partial charge < -0.3 is 15.1 Å². The van der Waals surface area contributed by atoms with E-state index in [1.54, 1.807) is 0 Å². The molecule has 27 heavy (non-hydrogen) atoms. The highest BCUT2D eigenvalue weighted by Gasteiger charge is 2.20. The molecule has 1 aliphatic rings. The quantitative estimate of drug-likeness (QED) is 0.662. The van der Waals surface area contributed by atoms with E-state index >= 15 is 0 Å². The third-order valence-electron chi connectivity index (χ3n) is 5.15. The van der Waals surface area contributed by atoms with Gasteiger partial charge in [-0.2, -0.15) is 5.10 Å². The van der Waals surface area contributed by atoms with Crippen molar-refractivity contribution in [1.29, 1.82) is 0 Å². The number of hydrogen-bond acceptors (Lipinski definition) is 3. The van der Waals surface area contributed by atoms with Crippen LogP contribution in [-0.2, 0) is 13.6 Å². The topological polar surface area (TPSA) is 48.7 Å². The molecule has 6 nitrogen and oxygen atoms in total. The number of aromatic nitrogens is 2. The maximum Gasteiger partial charge on any atom is 0.194 e. The van der Waals surface area contributed by atoms with E-state index in [9.17, 15) is 4.39 Å². The van der Waals surface area contributed by atoms with Crippen molar-refractivity contribution in [3.8, 4) is 0 Å². The van der Waals surface area contributed by atoms with Gasteiger partial charge in [0.05, 0.1) is 12.2 Å². The average Bonchev–Trinajstić information content (AvgIpc) is 2.91. The molecule has 0 bridgehead atoms. The van der Waals surface area contributed by atoms with Crippen LogP contribution in [0.5, 0.6) is 0 Å². The predicted molar refractivity (Wildman–Crippen MR) is 108 cm³/mol. The second kappa shape index (κ2) is 8.41. The van der Waals surface area contributed by atoms with Crippen LogP contribution in [0.3, 0.4) is 0 Å². The van der Waals surface area contributed by atoms with Crippen LogP contribution in [0.4, 0.5) is 10.1 Å². The van der Waals surface area contributed by atoms with Gasteiger partial charge in [-0.1, -0.05) is 0 Å². The molecule has 1 aliphatic heterocycles. The summed E-state index contributed by atoms with van der Waals surface area (Å²) >= 11 is 0. The molecule has 1 saturated heterocycles. The van der Waals surface area contributed by atoms with E-state index in [-0.39, 0.29) is 5.82 Å². The molecule has 0 spiro atoms. The van der Waals surface area contributed by atoms with Gasteiger partial charge in [0.2, 0.25) is 0 Å². The van der Waals surface area contributed by atoms with Gasteiger partial charge in [-0.25, -0.2) is 9.38 Å². The number of anilines is 1. The van der Waals surface area contributed by atoms with Crippen LogP contribution in [0.1, 0.15) is 23.9 Å². The van der Waals surface area contributed by atoms with Gasteiger partial charge in [-0.05, 0) is 45.0 Å². The number of aryl methyl sites for hydroxylation is 2. The molecular formula is C20H29FN6. The molecule has 1 aromatic heterocycles. The van der Waals surface area contributed by atoms with Crippen LogP contribution >= 0.6 is 0 Å². The highest BCUT2D eigenvalue weighted by atomic mass is 19.1. The molecule has 1 fully saturated rings. The fraction of sp³-hybridized carbons (Fsp3) is 0.500. The minimum atomic E-state index is -0.194. The number of rotatable bonds is 4. The lowest BCUT2D eigenvalue weighted by molar-refractivity contribution is 0.372. The molecule has 0 amide bonds. The number of piperazine rings is 1. The molecule has 1 aromatic carbocycles. The zero-order valence-electron chi connectivity index (χ0n) is 16.7. The van der Waals surface area contributed by atoms with Crippen molar-refractivity contribution >= 4 is 11.6 Å². The van der Waals surface area contributed by atoms with E-state index in [2.05, 4.69) is 34.1 Å². The first-order valence-corrected chi connectivity index (χ1v) is 9.52. The van der Waals surface area contributed by atoms with Crippen LogP contribution in [-0.4, -0.2) is 53.4 Å². The van der Waals surface area contributed by atoms with Gasteiger partial charge in [0.1, 0.15) is 5.82 Å². The number of benzene rings is 1. The van der Waals surface area contributed by atoms with Crippen molar-refractivity contribution in [3.63, 3.8) is 0 Å². The monoisotopic (exact) mass is 372 g/mol. The molecule has 2 heterocycles. The van der Waals surface area contributed by atoms with E-state index in [0.29, 0.717) is 6.54 Å². The zero-order valence-corrected chi connectivity index (χ0v) is 16.7. The lowest BCUT2D eigenvalue weighted by Gasteiger charge is -2.37. The number of guanidine groups is 1. The van der Waals surface area contributed by atoms with Gasteiger partial charge in [-0.15, -0.1) is 0 Å². The summed E-state index contributed by atoms with van der Waals surface area (Å²) in [7, 11) is 1.97. The second-order valence-corrected chi connectivity index (χ2v) is 6.89. The molecule has 7 heteroatoms. The second-order valence-electron chi connectivity index (χ2n) is 6.89. The van der Waals surface area contributed by atoms with Crippen molar-refractivity contribution in [2.24, 2.45) is 12.0 Å². The number of halogens is 1. The Kier molecular flexibility index (Phi) is 5.98. The third kappa shape index (κ3) is 4.40. The molecule has 0 saturated carbocycles. The summed E-state index contributed by atoms with van der Waals surface area (Å²) in [5, 5.41) is 7.89. The van der Waals surface area contributed by atoms with Gasteiger partial charge in [-0.3, -0.25) is 4.68 Å². The van der Waals surface area contributed by atoms with Crippen molar-refractivity contribution in [2.45, 2.75) is 27.3 Å². The normalized spacial score (nSPS) is 15.4. The van der Waals surface area contributed by atoms with Gasteiger partial charge in [0.25, 0.3) is 0 Å². The smallest absolute Gasteiger partial charge is 0.194 e. The summed E-state index contributed by atoms with van der Waals surface area (Å²) in [5.74, 6) is 0.749. The number of hydrogen-bond donors (Lipinski definition) is 1. The maximum atomic E-state index is 13.1. The van der Waals surface area contributed by atoms with E-state index in [4.69, 9.17) is 4.99 Å². The van der Waals surface area contributed by atoms with E-state index in [1.165, 1.54) is 17.7 Å². The Hall–Kier alpha value is -2.57. The largest absolute Gasteiger partial charge is 0.368 e. The summed E-state index contributed by atoms with van der Waals surface area (Å²) in [4.78, 5) is 9.44. The molecule has 0 atom stereocenters. The van der Waals surface area contributed by atoms with Crippen molar-refractivity contribution < 1.29 is 4.39 Å². The molecule has 3 rings (SSSR count). The Morgan fingerprint density at radius 3 is 2.37 bits per heavy atom. The minimum absolute atomic E-state index is 0.194. The van der Waals surface area contributed by atoms with E-state index in [1.807, 2.05) is 30.8 Å². The SMILES string of the molecule is CCNC(=NCc1c(C)nn(C)c1C)N1CCN(c2ccc(F)cc2)CC1. The van der Waals surface area contributed by atoms with Crippen LogP contribution in [0.2, 0.25) is 0 Å². The van der Waals surface area contributed by atoms with Gasteiger partial charge in [0, 0.05) is 56.7 Å². The molecule has 0 unspecified atom stereocenters.